The number of carbonyl (C=O) groups is 1. The number of aromatic nitrogens is 2. The molecule has 10 heteroatoms. The van der Waals surface area contributed by atoms with E-state index in [1.165, 1.54) is 6.08 Å². The van der Waals surface area contributed by atoms with E-state index in [2.05, 4.69) is 61.6 Å². The number of allylic oxidation sites excluding steroid dienone is 3. The van der Waals surface area contributed by atoms with Crippen molar-refractivity contribution in [2.45, 2.75) is 18.9 Å². The largest absolute Gasteiger partial charge is 0.479 e. The number of amides is 1. The maximum Gasteiger partial charge on any atom is 0.247 e. The Hall–Kier alpha value is -4.15. The zero-order chi connectivity index (χ0) is 26.5. The second-order valence-electron chi connectivity index (χ2n) is 9.54. The van der Waals surface area contributed by atoms with Gasteiger partial charge >= 0.3 is 0 Å². The van der Waals surface area contributed by atoms with Gasteiger partial charge in [0.2, 0.25) is 11.8 Å². The van der Waals surface area contributed by atoms with Gasteiger partial charge in [0.25, 0.3) is 0 Å². The second-order valence-corrected chi connectivity index (χ2v) is 9.54. The summed E-state index contributed by atoms with van der Waals surface area (Å²) in [6, 6.07) is 8.04. The first-order chi connectivity index (χ1) is 18.5. The fourth-order valence-corrected chi connectivity index (χ4v) is 4.77. The lowest BCUT2D eigenvalue weighted by Gasteiger charge is -2.39. The Morgan fingerprint density at radius 1 is 1.24 bits per heavy atom. The quantitative estimate of drug-likeness (QED) is 0.457. The van der Waals surface area contributed by atoms with Crippen LogP contribution < -0.4 is 20.8 Å². The summed E-state index contributed by atoms with van der Waals surface area (Å²) in [5.74, 6) is 1.10. The van der Waals surface area contributed by atoms with E-state index in [9.17, 15) is 4.79 Å². The van der Waals surface area contributed by atoms with Crippen LogP contribution in [-0.4, -0.2) is 77.2 Å². The Balaban J connectivity index is 1.28. The Morgan fingerprint density at radius 3 is 2.87 bits per heavy atom. The highest BCUT2D eigenvalue weighted by molar-refractivity contribution is 5.99. The van der Waals surface area contributed by atoms with Crippen LogP contribution in [0.1, 0.15) is 18.5 Å². The number of nitrogens with one attached hydrogen (secondary N) is 3. The van der Waals surface area contributed by atoms with Gasteiger partial charge < -0.3 is 30.6 Å². The molecule has 0 unspecified atom stereocenters. The number of hydrazine groups is 1. The van der Waals surface area contributed by atoms with Crippen molar-refractivity contribution in [1.82, 2.24) is 24.8 Å². The van der Waals surface area contributed by atoms with Crippen molar-refractivity contribution in [2.24, 2.45) is 0 Å². The molecule has 0 atom stereocenters. The summed E-state index contributed by atoms with van der Waals surface area (Å²) in [6.07, 6.45) is 13.4. The molecule has 38 heavy (non-hydrogen) atoms. The molecule has 3 aliphatic heterocycles. The van der Waals surface area contributed by atoms with Gasteiger partial charge in [-0.1, -0.05) is 12.7 Å². The molecule has 0 aromatic carbocycles. The first-order valence-corrected chi connectivity index (χ1v) is 12.8. The Labute approximate surface area is 223 Å². The van der Waals surface area contributed by atoms with E-state index in [1.807, 2.05) is 30.4 Å². The van der Waals surface area contributed by atoms with E-state index in [4.69, 9.17) is 9.72 Å². The lowest BCUT2D eigenvalue weighted by atomic mass is 10.1. The fraction of sp³-hybridized carbons (Fsp3) is 0.321. The van der Waals surface area contributed by atoms with Crippen LogP contribution >= 0.6 is 0 Å². The Kier molecular flexibility index (Phi) is 7.71. The number of fused-ring (bicyclic) bond motifs is 1. The van der Waals surface area contributed by atoms with E-state index >= 15 is 0 Å². The highest BCUT2D eigenvalue weighted by Gasteiger charge is 2.25. The zero-order valence-corrected chi connectivity index (χ0v) is 21.9. The maximum absolute atomic E-state index is 11.8. The smallest absolute Gasteiger partial charge is 0.247 e. The summed E-state index contributed by atoms with van der Waals surface area (Å²) in [6.45, 7) is 6.97. The number of hydrogen-bond donors (Lipinski definition) is 3. The standard InChI is InChI=1S/C28H34N8O2/c1-4-27(37)31-21-10-14-29-24(18-21)25-7-5-6-22-13-17-35(19-36(22)25)33-23-8-9-26(32-28(23)38-3)30-20-11-15-34(2)16-12-20/h4-10,13-14,18,20,33H,1,11-12,15-17,19H2,2-3H3,(H,30,32)(H,29,31,37). The summed E-state index contributed by atoms with van der Waals surface area (Å²) >= 11 is 0. The van der Waals surface area contributed by atoms with Crippen LogP contribution in [0.3, 0.4) is 0 Å². The maximum atomic E-state index is 11.8. The summed E-state index contributed by atoms with van der Waals surface area (Å²) in [5, 5.41) is 8.45. The minimum absolute atomic E-state index is 0.260. The van der Waals surface area contributed by atoms with E-state index in [0.717, 1.165) is 54.5 Å². The van der Waals surface area contributed by atoms with Crippen LogP contribution in [0.5, 0.6) is 5.88 Å². The molecule has 1 fully saturated rings. The van der Waals surface area contributed by atoms with Gasteiger partial charge in [0.05, 0.1) is 25.2 Å². The van der Waals surface area contributed by atoms with Crippen molar-refractivity contribution in [3.05, 3.63) is 78.8 Å². The molecule has 2 aromatic rings. The van der Waals surface area contributed by atoms with Crippen molar-refractivity contribution < 1.29 is 9.53 Å². The SMILES string of the molecule is C=CC(=O)Nc1ccnc(C2=CC=CC3=CCN(Nc4ccc(NC5CCN(C)CC5)nc4OC)CN32)c1. The number of hydrogen-bond acceptors (Lipinski definition) is 9. The molecule has 3 aliphatic rings. The minimum atomic E-state index is -0.260. The molecule has 0 saturated carbocycles. The number of rotatable bonds is 8. The Bertz CT molecular complexity index is 1280. The third-order valence-electron chi connectivity index (χ3n) is 6.83. The molecule has 5 rings (SSSR count). The molecule has 1 saturated heterocycles. The number of anilines is 3. The highest BCUT2D eigenvalue weighted by Crippen LogP contribution is 2.32. The molecule has 0 radical (unpaired) electrons. The summed E-state index contributed by atoms with van der Waals surface area (Å²) in [4.78, 5) is 25.6. The van der Waals surface area contributed by atoms with E-state index in [-0.39, 0.29) is 5.91 Å². The summed E-state index contributed by atoms with van der Waals surface area (Å²) < 4.78 is 5.63. The average molecular weight is 515 g/mol. The zero-order valence-electron chi connectivity index (χ0n) is 21.9. The molecule has 0 spiro atoms. The minimum Gasteiger partial charge on any atom is -0.479 e. The molecule has 5 heterocycles. The molecule has 3 N–H and O–H groups in total. The molecule has 0 aliphatic carbocycles. The molecule has 1 amide bonds. The number of nitrogens with zero attached hydrogens (tertiary/aromatic N) is 5. The van der Waals surface area contributed by atoms with Crippen molar-refractivity contribution in [3.63, 3.8) is 0 Å². The van der Waals surface area contributed by atoms with Gasteiger partial charge in [0, 0.05) is 30.2 Å². The van der Waals surface area contributed by atoms with Crippen LogP contribution in [0.25, 0.3) is 5.70 Å². The van der Waals surface area contributed by atoms with Crippen LogP contribution in [0.15, 0.2) is 73.1 Å². The number of carbonyl (C=O) groups excluding carboxylic acids is 1. The van der Waals surface area contributed by atoms with Gasteiger partial charge in [-0.05, 0) is 81.5 Å². The number of methoxy groups -OCH3 is 1. The number of pyridine rings is 2. The second kappa shape index (κ2) is 11.5. The molecule has 0 bridgehead atoms. The van der Waals surface area contributed by atoms with E-state index in [1.54, 1.807) is 19.4 Å². The van der Waals surface area contributed by atoms with Gasteiger partial charge in [0.1, 0.15) is 11.5 Å². The van der Waals surface area contributed by atoms with Crippen molar-refractivity contribution in [1.29, 1.82) is 0 Å². The first-order valence-electron chi connectivity index (χ1n) is 12.8. The molecular formula is C28H34N8O2. The normalized spacial score (nSPS) is 18.2. The van der Waals surface area contributed by atoms with Gasteiger partial charge in [-0.15, -0.1) is 0 Å². The van der Waals surface area contributed by atoms with Crippen LogP contribution in [0.4, 0.5) is 17.2 Å². The van der Waals surface area contributed by atoms with Gasteiger partial charge in [-0.2, -0.15) is 9.99 Å². The van der Waals surface area contributed by atoms with E-state index < -0.39 is 0 Å². The lowest BCUT2D eigenvalue weighted by molar-refractivity contribution is -0.111. The predicted molar refractivity (Wildman–Crippen MR) is 150 cm³/mol. The third kappa shape index (κ3) is 5.87. The number of ether oxygens (including phenoxy) is 1. The van der Waals surface area contributed by atoms with Crippen LogP contribution in [0, 0.1) is 0 Å². The molecule has 10 nitrogen and oxygen atoms in total. The van der Waals surface area contributed by atoms with Crippen molar-refractivity contribution in [2.75, 3.05) is 56.5 Å². The predicted octanol–water partition coefficient (Wildman–Crippen LogP) is 3.51. The first kappa shape index (κ1) is 25.5. The topological polar surface area (TPSA) is 97.9 Å². The monoisotopic (exact) mass is 514 g/mol. The van der Waals surface area contributed by atoms with Gasteiger partial charge in [-0.3, -0.25) is 9.78 Å². The number of piperidine rings is 1. The third-order valence-corrected chi connectivity index (χ3v) is 6.83. The molecular weight excluding hydrogens is 480 g/mol. The van der Waals surface area contributed by atoms with Gasteiger partial charge in [-0.25, -0.2) is 0 Å². The Morgan fingerprint density at radius 2 is 2.08 bits per heavy atom. The van der Waals surface area contributed by atoms with Crippen LogP contribution in [0.2, 0.25) is 0 Å². The fourth-order valence-electron chi connectivity index (χ4n) is 4.77. The lowest BCUT2D eigenvalue weighted by Crippen LogP contribution is -2.44. The van der Waals surface area contributed by atoms with Crippen molar-refractivity contribution >= 4 is 28.8 Å². The summed E-state index contributed by atoms with van der Waals surface area (Å²) in [7, 11) is 3.80. The summed E-state index contributed by atoms with van der Waals surface area (Å²) in [5.41, 5.74) is 7.71. The molecule has 2 aromatic heterocycles. The highest BCUT2D eigenvalue weighted by atomic mass is 16.5. The van der Waals surface area contributed by atoms with Crippen molar-refractivity contribution in [3.8, 4) is 5.88 Å². The molecule has 198 valence electrons. The average Bonchev–Trinajstić information content (AvgIpc) is 2.94. The van der Waals surface area contributed by atoms with Gasteiger partial charge in [0.15, 0.2) is 0 Å². The van der Waals surface area contributed by atoms with E-state index in [0.29, 0.717) is 30.8 Å². The van der Waals surface area contributed by atoms with Crippen LogP contribution in [-0.2, 0) is 4.79 Å². The number of likely N-dealkylation sites (tertiary alicyclic amines) is 1.